The summed E-state index contributed by atoms with van der Waals surface area (Å²) in [7, 11) is 0. The zero-order valence-electron chi connectivity index (χ0n) is 9.30. The highest BCUT2D eigenvalue weighted by Crippen LogP contribution is 2.52. The van der Waals surface area contributed by atoms with Gasteiger partial charge >= 0.3 is 0 Å². The Morgan fingerprint density at radius 2 is 2.14 bits per heavy atom. The van der Waals surface area contributed by atoms with E-state index in [4.69, 9.17) is 4.74 Å². The third-order valence-electron chi connectivity index (χ3n) is 3.82. The molecule has 0 aromatic rings. The van der Waals surface area contributed by atoms with Gasteiger partial charge in [-0.3, -0.25) is 4.79 Å². The molecule has 3 nitrogen and oxygen atoms in total. The lowest BCUT2D eigenvalue weighted by Crippen LogP contribution is -2.50. The van der Waals surface area contributed by atoms with E-state index in [0.717, 1.165) is 19.4 Å². The van der Waals surface area contributed by atoms with Crippen LogP contribution in [0.3, 0.4) is 0 Å². The van der Waals surface area contributed by atoms with Gasteiger partial charge in [0.15, 0.2) is 0 Å². The lowest BCUT2D eigenvalue weighted by molar-refractivity contribution is -0.174. The molecule has 80 valence electrons. The van der Waals surface area contributed by atoms with Gasteiger partial charge in [0.05, 0.1) is 0 Å². The zero-order chi connectivity index (χ0) is 10.4. The maximum absolute atomic E-state index is 11.7. The van der Waals surface area contributed by atoms with Crippen molar-refractivity contribution in [3.05, 3.63) is 0 Å². The third kappa shape index (κ3) is 1.05. The van der Waals surface area contributed by atoms with Gasteiger partial charge in [-0.1, -0.05) is 13.8 Å². The first-order valence-electron chi connectivity index (χ1n) is 5.48. The maximum atomic E-state index is 11.7. The van der Waals surface area contributed by atoms with Crippen molar-refractivity contribution in [3.63, 3.8) is 0 Å². The number of hydrogen-bond donors (Lipinski definition) is 0. The third-order valence-corrected chi connectivity index (χ3v) is 3.82. The number of nitrogens with zero attached hydrogens (tertiary/aromatic N) is 1. The van der Waals surface area contributed by atoms with Crippen molar-refractivity contribution in [2.24, 2.45) is 5.41 Å². The highest BCUT2D eigenvalue weighted by atomic mass is 16.5. The molecule has 0 aliphatic carbocycles. The first kappa shape index (κ1) is 9.97. The van der Waals surface area contributed by atoms with Gasteiger partial charge in [-0.2, -0.15) is 0 Å². The van der Waals surface area contributed by atoms with Gasteiger partial charge in [0, 0.05) is 31.4 Å². The Balaban J connectivity index is 2.34. The lowest BCUT2D eigenvalue weighted by Gasteiger charge is -2.41. The number of carbonyl (C=O) groups excluding carboxylic acids is 1. The number of rotatable bonds is 2. The topological polar surface area (TPSA) is 29.5 Å². The number of ether oxygens (including phenoxy) is 1. The van der Waals surface area contributed by atoms with Crippen LogP contribution < -0.4 is 0 Å². The van der Waals surface area contributed by atoms with Crippen molar-refractivity contribution in [2.75, 3.05) is 13.2 Å². The first-order chi connectivity index (χ1) is 6.53. The van der Waals surface area contributed by atoms with Crippen LogP contribution in [0.2, 0.25) is 0 Å². The minimum absolute atomic E-state index is 0.106. The first-order valence-corrected chi connectivity index (χ1v) is 5.48. The average molecular weight is 197 g/mol. The van der Waals surface area contributed by atoms with Gasteiger partial charge in [-0.05, 0) is 13.3 Å². The monoisotopic (exact) mass is 197 g/mol. The van der Waals surface area contributed by atoms with Crippen LogP contribution in [-0.4, -0.2) is 29.7 Å². The fraction of sp³-hybridized carbons (Fsp3) is 0.909. The molecule has 14 heavy (non-hydrogen) atoms. The Morgan fingerprint density at radius 1 is 1.43 bits per heavy atom. The highest BCUT2D eigenvalue weighted by molar-refractivity contribution is 5.80. The van der Waals surface area contributed by atoms with Gasteiger partial charge in [-0.15, -0.1) is 0 Å². The van der Waals surface area contributed by atoms with Gasteiger partial charge in [0.25, 0.3) is 0 Å². The van der Waals surface area contributed by atoms with Crippen LogP contribution >= 0.6 is 0 Å². The second-order valence-electron chi connectivity index (χ2n) is 4.90. The summed E-state index contributed by atoms with van der Waals surface area (Å²) >= 11 is 0. The van der Waals surface area contributed by atoms with Crippen molar-refractivity contribution in [2.45, 2.75) is 45.8 Å². The predicted octanol–water partition coefficient (Wildman–Crippen LogP) is 1.77. The number of fused-ring (bicyclic) bond motifs is 1. The van der Waals surface area contributed by atoms with E-state index in [0.29, 0.717) is 13.0 Å². The molecule has 0 saturated carbocycles. The van der Waals surface area contributed by atoms with Crippen molar-refractivity contribution < 1.29 is 9.53 Å². The molecule has 2 heterocycles. The Hall–Kier alpha value is -0.570. The van der Waals surface area contributed by atoms with Gasteiger partial charge in [-0.25, -0.2) is 0 Å². The Bertz CT molecular complexity index is 262. The summed E-state index contributed by atoms with van der Waals surface area (Å²) in [5, 5.41) is 0. The molecule has 1 amide bonds. The van der Waals surface area contributed by atoms with Crippen LogP contribution in [0.4, 0.5) is 0 Å². The van der Waals surface area contributed by atoms with Crippen molar-refractivity contribution in [3.8, 4) is 0 Å². The predicted molar refractivity (Wildman–Crippen MR) is 53.7 cm³/mol. The van der Waals surface area contributed by atoms with Gasteiger partial charge in [0.2, 0.25) is 5.91 Å². The number of carbonyl (C=O) groups is 1. The van der Waals surface area contributed by atoms with Crippen LogP contribution in [-0.2, 0) is 9.53 Å². The van der Waals surface area contributed by atoms with E-state index in [1.807, 2.05) is 11.8 Å². The molecule has 2 rings (SSSR count). The largest absolute Gasteiger partial charge is 0.355 e. The molecule has 1 unspecified atom stereocenters. The van der Waals surface area contributed by atoms with E-state index in [1.165, 1.54) is 0 Å². The van der Waals surface area contributed by atoms with E-state index in [9.17, 15) is 4.79 Å². The lowest BCUT2D eigenvalue weighted by atomic mass is 9.80. The molecule has 0 bridgehead atoms. The van der Waals surface area contributed by atoms with Crippen LogP contribution in [0, 0.1) is 5.41 Å². The molecule has 2 aliphatic heterocycles. The van der Waals surface area contributed by atoms with Crippen LogP contribution in [0.15, 0.2) is 0 Å². The van der Waals surface area contributed by atoms with Crippen LogP contribution in [0.25, 0.3) is 0 Å². The summed E-state index contributed by atoms with van der Waals surface area (Å²) in [5.41, 5.74) is -0.187. The molecular weight excluding hydrogens is 178 g/mol. The van der Waals surface area contributed by atoms with E-state index in [2.05, 4.69) is 13.8 Å². The number of amides is 1. The molecule has 0 aromatic carbocycles. The fourth-order valence-electron chi connectivity index (χ4n) is 2.93. The molecule has 0 spiro atoms. The van der Waals surface area contributed by atoms with Crippen molar-refractivity contribution in [1.29, 1.82) is 0 Å². The molecule has 1 atom stereocenters. The SMILES string of the molecule is CCOC12CCC(=O)N1CCC2(C)C. The van der Waals surface area contributed by atoms with E-state index in [-0.39, 0.29) is 17.0 Å². The Labute approximate surface area is 85.4 Å². The van der Waals surface area contributed by atoms with Gasteiger partial charge in [0.1, 0.15) is 5.72 Å². The Morgan fingerprint density at radius 3 is 2.79 bits per heavy atom. The highest BCUT2D eigenvalue weighted by Gasteiger charge is 2.59. The van der Waals surface area contributed by atoms with E-state index >= 15 is 0 Å². The standard InChI is InChI=1S/C11H19NO2/c1-4-14-11-6-5-9(13)12(11)8-7-10(11,2)3/h4-8H2,1-3H3. The molecule has 2 fully saturated rings. The smallest absolute Gasteiger partial charge is 0.225 e. The quantitative estimate of drug-likeness (QED) is 0.675. The average Bonchev–Trinajstić information content (AvgIpc) is 2.54. The molecule has 2 saturated heterocycles. The molecule has 0 radical (unpaired) electrons. The molecule has 0 N–H and O–H groups in total. The minimum atomic E-state index is -0.293. The second kappa shape index (κ2) is 2.96. The molecule has 3 heteroatoms. The summed E-state index contributed by atoms with van der Waals surface area (Å²) in [5.74, 6) is 0.268. The van der Waals surface area contributed by atoms with E-state index < -0.39 is 0 Å². The minimum Gasteiger partial charge on any atom is -0.355 e. The molecular formula is C11H19NO2. The summed E-state index contributed by atoms with van der Waals surface area (Å²) in [6.45, 7) is 7.98. The van der Waals surface area contributed by atoms with Gasteiger partial charge < -0.3 is 9.64 Å². The normalized spacial score (nSPS) is 35.1. The fourth-order valence-corrected chi connectivity index (χ4v) is 2.93. The molecule has 0 aromatic heterocycles. The Kier molecular flexibility index (Phi) is 2.11. The maximum Gasteiger partial charge on any atom is 0.225 e. The van der Waals surface area contributed by atoms with Crippen LogP contribution in [0.5, 0.6) is 0 Å². The summed E-state index contributed by atoms with van der Waals surface area (Å²) in [6.07, 6.45) is 2.58. The molecule has 2 aliphatic rings. The van der Waals surface area contributed by atoms with Crippen LogP contribution in [0.1, 0.15) is 40.0 Å². The van der Waals surface area contributed by atoms with Crippen molar-refractivity contribution >= 4 is 5.91 Å². The summed E-state index contributed by atoms with van der Waals surface area (Å²) in [6, 6.07) is 0. The number of hydrogen-bond acceptors (Lipinski definition) is 2. The summed E-state index contributed by atoms with van der Waals surface area (Å²) < 4.78 is 5.91. The zero-order valence-corrected chi connectivity index (χ0v) is 9.30. The second-order valence-corrected chi connectivity index (χ2v) is 4.90. The van der Waals surface area contributed by atoms with E-state index in [1.54, 1.807) is 0 Å². The summed E-state index contributed by atoms with van der Waals surface area (Å²) in [4.78, 5) is 13.6. The van der Waals surface area contributed by atoms with Crippen molar-refractivity contribution in [1.82, 2.24) is 4.90 Å².